The zero-order valence-corrected chi connectivity index (χ0v) is 15.1. The number of hydrogen-bond acceptors (Lipinski definition) is 3. The molecule has 2 aliphatic rings. The first-order chi connectivity index (χ1) is 10.7. The minimum absolute atomic E-state index is 0.319. The first-order valence-corrected chi connectivity index (χ1v) is 9.47. The molecule has 0 aromatic carbocycles. The van der Waals surface area contributed by atoms with Gasteiger partial charge in [-0.3, -0.25) is 4.48 Å². The molecule has 0 spiro atoms. The van der Waals surface area contributed by atoms with Crippen LogP contribution in [0.15, 0.2) is 0 Å². The van der Waals surface area contributed by atoms with Crippen LogP contribution in [0.2, 0.25) is 0 Å². The fraction of sp³-hybridized carbons (Fsp3) is 1.00. The molecule has 4 heteroatoms. The molecule has 2 heterocycles. The molecule has 4 nitrogen and oxygen atoms in total. The predicted octanol–water partition coefficient (Wildman–Crippen LogP) is 2.87. The lowest BCUT2D eigenvalue weighted by Gasteiger charge is -2.38. The smallest absolute Gasteiger partial charge is 0.190 e. The SMILES string of the molecule is CC[N+]1(C(C)OCCOCCC(C)N2CCCC2)CCCC1. The van der Waals surface area contributed by atoms with Crippen LogP contribution in [0.5, 0.6) is 0 Å². The fourth-order valence-electron chi connectivity index (χ4n) is 4.06. The molecule has 2 rings (SSSR count). The van der Waals surface area contributed by atoms with E-state index in [-0.39, 0.29) is 0 Å². The fourth-order valence-corrected chi connectivity index (χ4v) is 4.06. The van der Waals surface area contributed by atoms with Gasteiger partial charge in [-0.25, -0.2) is 0 Å². The van der Waals surface area contributed by atoms with Gasteiger partial charge in [-0.1, -0.05) is 0 Å². The summed E-state index contributed by atoms with van der Waals surface area (Å²) in [4.78, 5) is 2.59. The standard InChI is InChI=1S/C18H37N2O2/c1-4-20(12-7-8-13-20)18(3)22-16-15-21-14-9-17(2)19-10-5-6-11-19/h17-18H,4-16H2,1-3H3/q+1. The highest BCUT2D eigenvalue weighted by Gasteiger charge is 2.36. The maximum absolute atomic E-state index is 6.06. The zero-order valence-electron chi connectivity index (χ0n) is 15.1. The van der Waals surface area contributed by atoms with Crippen molar-refractivity contribution in [3.63, 3.8) is 0 Å². The molecule has 22 heavy (non-hydrogen) atoms. The lowest BCUT2D eigenvalue weighted by molar-refractivity contribution is -0.958. The highest BCUT2D eigenvalue weighted by atomic mass is 16.5. The Morgan fingerprint density at radius 1 is 0.955 bits per heavy atom. The van der Waals surface area contributed by atoms with Crippen molar-refractivity contribution in [2.45, 2.75) is 65.1 Å². The normalized spacial score (nSPS) is 24.7. The molecule has 2 saturated heterocycles. The van der Waals surface area contributed by atoms with E-state index in [0.29, 0.717) is 12.3 Å². The summed E-state index contributed by atoms with van der Waals surface area (Å²) in [6.07, 6.45) is 6.91. The van der Waals surface area contributed by atoms with Crippen molar-refractivity contribution in [2.24, 2.45) is 0 Å². The maximum Gasteiger partial charge on any atom is 0.190 e. The van der Waals surface area contributed by atoms with Gasteiger partial charge in [0, 0.05) is 32.4 Å². The van der Waals surface area contributed by atoms with Gasteiger partial charge in [0.05, 0.1) is 32.8 Å². The van der Waals surface area contributed by atoms with Gasteiger partial charge in [0.25, 0.3) is 0 Å². The molecule has 2 atom stereocenters. The van der Waals surface area contributed by atoms with E-state index in [0.717, 1.165) is 30.7 Å². The molecule has 2 fully saturated rings. The largest absolute Gasteiger partial charge is 0.379 e. The van der Waals surface area contributed by atoms with Crippen molar-refractivity contribution in [3.8, 4) is 0 Å². The summed E-state index contributed by atoms with van der Waals surface area (Å²) in [6.45, 7) is 15.5. The molecule has 0 aromatic rings. The van der Waals surface area contributed by atoms with Crippen LogP contribution in [0, 0.1) is 0 Å². The molecule has 0 amide bonds. The highest BCUT2D eigenvalue weighted by molar-refractivity contribution is 4.72. The molecule has 130 valence electrons. The van der Waals surface area contributed by atoms with Crippen molar-refractivity contribution in [1.82, 2.24) is 4.90 Å². The van der Waals surface area contributed by atoms with E-state index in [1.165, 1.54) is 58.4 Å². The molecule has 0 bridgehead atoms. The van der Waals surface area contributed by atoms with E-state index in [1.54, 1.807) is 0 Å². The van der Waals surface area contributed by atoms with Gasteiger partial charge in [-0.05, 0) is 46.2 Å². The van der Waals surface area contributed by atoms with Crippen molar-refractivity contribution in [2.75, 3.05) is 52.5 Å². The topological polar surface area (TPSA) is 21.7 Å². The molecular weight excluding hydrogens is 276 g/mol. The maximum atomic E-state index is 6.06. The Labute approximate surface area is 137 Å². The second kappa shape index (κ2) is 9.21. The van der Waals surface area contributed by atoms with Gasteiger partial charge >= 0.3 is 0 Å². The monoisotopic (exact) mass is 313 g/mol. The van der Waals surface area contributed by atoms with Crippen molar-refractivity contribution in [1.29, 1.82) is 0 Å². The summed E-state index contributed by atoms with van der Waals surface area (Å²) in [5, 5.41) is 0. The number of nitrogens with zero attached hydrogens (tertiary/aromatic N) is 2. The Morgan fingerprint density at radius 2 is 1.64 bits per heavy atom. The summed E-state index contributed by atoms with van der Waals surface area (Å²) in [5.74, 6) is 0. The van der Waals surface area contributed by atoms with E-state index < -0.39 is 0 Å². The van der Waals surface area contributed by atoms with Crippen LogP contribution in [0.25, 0.3) is 0 Å². The third-order valence-electron chi connectivity index (χ3n) is 5.89. The van der Waals surface area contributed by atoms with Crippen LogP contribution in [0.1, 0.15) is 52.9 Å². The molecule has 0 radical (unpaired) electrons. The Hall–Kier alpha value is -0.160. The summed E-state index contributed by atoms with van der Waals surface area (Å²) in [5.41, 5.74) is 0. The van der Waals surface area contributed by atoms with Crippen LogP contribution in [0.4, 0.5) is 0 Å². The van der Waals surface area contributed by atoms with Crippen LogP contribution in [-0.4, -0.2) is 74.2 Å². The number of ether oxygens (including phenoxy) is 2. The van der Waals surface area contributed by atoms with E-state index in [1.807, 2.05) is 0 Å². The second-order valence-electron chi connectivity index (χ2n) is 7.15. The molecule has 2 aliphatic heterocycles. The summed E-state index contributed by atoms with van der Waals surface area (Å²) in [6, 6.07) is 0.667. The van der Waals surface area contributed by atoms with Gasteiger partial charge in [-0.15, -0.1) is 0 Å². The molecule has 0 N–H and O–H groups in total. The predicted molar refractivity (Wildman–Crippen MR) is 90.9 cm³/mol. The second-order valence-corrected chi connectivity index (χ2v) is 7.15. The van der Waals surface area contributed by atoms with Gasteiger partial charge in [0.15, 0.2) is 6.23 Å². The lowest BCUT2D eigenvalue weighted by Crippen LogP contribution is -2.53. The Bertz CT molecular complexity index is 299. The first kappa shape index (κ1) is 18.2. The number of rotatable bonds is 10. The average molecular weight is 314 g/mol. The van der Waals surface area contributed by atoms with Crippen LogP contribution in [-0.2, 0) is 9.47 Å². The van der Waals surface area contributed by atoms with Crippen molar-refractivity contribution >= 4 is 0 Å². The Balaban J connectivity index is 1.51. The lowest BCUT2D eigenvalue weighted by atomic mass is 10.2. The summed E-state index contributed by atoms with van der Waals surface area (Å²) >= 11 is 0. The van der Waals surface area contributed by atoms with E-state index >= 15 is 0 Å². The molecule has 0 saturated carbocycles. The molecular formula is C18H37N2O2+. The molecule has 0 aliphatic carbocycles. The highest BCUT2D eigenvalue weighted by Crippen LogP contribution is 2.23. The quantitative estimate of drug-likeness (QED) is 0.457. The van der Waals surface area contributed by atoms with Gasteiger partial charge in [0.1, 0.15) is 0 Å². The van der Waals surface area contributed by atoms with Gasteiger partial charge in [-0.2, -0.15) is 0 Å². The summed E-state index contributed by atoms with van der Waals surface area (Å²) < 4.78 is 13.0. The minimum Gasteiger partial charge on any atom is -0.379 e. The van der Waals surface area contributed by atoms with Gasteiger partial charge < -0.3 is 14.4 Å². The average Bonchev–Trinajstić information content (AvgIpc) is 3.22. The Kier molecular flexibility index (Phi) is 7.61. The van der Waals surface area contributed by atoms with Crippen LogP contribution in [0.3, 0.4) is 0 Å². The number of hydrogen-bond donors (Lipinski definition) is 0. The third kappa shape index (κ3) is 4.92. The number of likely N-dealkylation sites (tertiary alicyclic amines) is 2. The van der Waals surface area contributed by atoms with Crippen molar-refractivity contribution in [3.05, 3.63) is 0 Å². The molecule has 2 unspecified atom stereocenters. The van der Waals surface area contributed by atoms with Crippen LogP contribution < -0.4 is 0 Å². The van der Waals surface area contributed by atoms with Crippen molar-refractivity contribution < 1.29 is 14.0 Å². The summed E-state index contributed by atoms with van der Waals surface area (Å²) in [7, 11) is 0. The van der Waals surface area contributed by atoms with E-state index in [2.05, 4.69) is 25.7 Å². The van der Waals surface area contributed by atoms with E-state index in [9.17, 15) is 0 Å². The zero-order chi connectivity index (χ0) is 15.8. The third-order valence-corrected chi connectivity index (χ3v) is 5.89. The Morgan fingerprint density at radius 3 is 2.27 bits per heavy atom. The van der Waals surface area contributed by atoms with Gasteiger partial charge in [0.2, 0.25) is 0 Å². The molecule has 0 aromatic heterocycles. The minimum atomic E-state index is 0.319. The number of quaternary nitrogens is 1. The first-order valence-electron chi connectivity index (χ1n) is 9.47. The van der Waals surface area contributed by atoms with Crippen LogP contribution >= 0.6 is 0 Å². The van der Waals surface area contributed by atoms with E-state index in [4.69, 9.17) is 9.47 Å².